The Kier molecular flexibility index (Phi) is 10.8. The van der Waals surface area contributed by atoms with Crippen LogP contribution in [0.15, 0.2) is 38.1 Å². The monoisotopic (exact) mass is 786 g/mol. The Hall–Kier alpha value is -2.96. The van der Waals surface area contributed by atoms with Crippen molar-refractivity contribution in [1.82, 2.24) is 26.6 Å². The molecule has 3 aromatic rings. The van der Waals surface area contributed by atoms with E-state index in [1.54, 1.807) is 12.3 Å². The zero-order valence-electron chi connectivity index (χ0n) is 35.1. The lowest BCUT2D eigenvalue weighted by atomic mass is 9.76. The maximum Gasteiger partial charge on any atom is 0.336 e. The number of nitrogens with one attached hydrogen (secondary N) is 5. The fraction of sp³-hybridized carbons (Fsp3) is 0.739. The number of hydrogen-bond acceptors (Lipinski definition) is 10. The van der Waals surface area contributed by atoms with Crippen LogP contribution in [0.1, 0.15) is 98.5 Å². The van der Waals surface area contributed by atoms with Gasteiger partial charge in [0.05, 0.1) is 19.5 Å². The van der Waals surface area contributed by atoms with Gasteiger partial charge in [-0.25, -0.2) is 4.79 Å². The number of benzene rings is 1. The van der Waals surface area contributed by atoms with Gasteiger partial charge < -0.3 is 45.3 Å². The van der Waals surface area contributed by atoms with Crippen molar-refractivity contribution in [3.63, 3.8) is 0 Å². The van der Waals surface area contributed by atoms with Crippen molar-refractivity contribution >= 4 is 27.8 Å². The van der Waals surface area contributed by atoms with E-state index >= 15 is 0 Å². The third kappa shape index (κ3) is 6.66. The molecular weight excluding hydrogens is 719 g/mol. The van der Waals surface area contributed by atoms with Gasteiger partial charge >= 0.3 is 5.63 Å². The summed E-state index contributed by atoms with van der Waals surface area (Å²) < 4.78 is 17.0. The number of carbonyl (C=O) groups excluding carboxylic acids is 1. The number of methoxy groups -OCH3 is 1. The average molecular weight is 786 g/mol. The normalized spacial score (nSPS) is 42.7. The molecule has 18 atom stereocenters. The second kappa shape index (κ2) is 15.6. The molecule has 6 fully saturated rings. The number of aliphatic hydroxyl groups is 1. The SMILES string of the molecule is CCC1C2CC3NC(CC4NC5C(CC(O)C5C4C)C4NC(CC(N2)C1C)C(C)C4CCC(=O)NCc1c2ccoc2c(OC)c2oc(=O)ccc12)C(CC)C3C. The van der Waals surface area contributed by atoms with Crippen molar-refractivity contribution in [3.8, 4) is 5.75 Å². The predicted octanol–water partition coefficient (Wildman–Crippen LogP) is 5.70. The Labute approximate surface area is 337 Å². The molecule has 5 saturated heterocycles. The van der Waals surface area contributed by atoms with Crippen LogP contribution in [0.3, 0.4) is 0 Å². The lowest BCUT2D eigenvalue weighted by Gasteiger charge is -2.32. The first-order valence-corrected chi connectivity index (χ1v) is 22.5. The topological polar surface area (TPSA) is 150 Å². The Morgan fingerprint density at radius 1 is 0.772 bits per heavy atom. The highest BCUT2D eigenvalue weighted by Crippen LogP contribution is 2.51. The number of aliphatic hydroxyl groups excluding tert-OH is 1. The number of carbonyl (C=O) groups is 1. The minimum absolute atomic E-state index is 0.000213. The number of furan rings is 1. The van der Waals surface area contributed by atoms with Crippen LogP contribution in [0.2, 0.25) is 0 Å². The van der Waals surface area contributed by atoms with E-state index in [9.17, 15) is 14.7 Å². The molecule has 18 unspecified atom stereocenters. The number of amides is 1. The van der Waals surface area contributed by atoms with Crippen molar-refractivity contribution in [2.75, 3.05) is 7.11 Å². The van der Waals surface area contributed by atoms with Crippen LogP contribution in [-0.2, 0) is 11.3 Å². The maximum atomic E-state index is 13.9. The van der Waals surface area contributed by atoms with Gasteiger partial charge in [0.2, 0.25) is 11.7 Å². The molecule has 312 valence electrons. The third-order valence-corrected chi connectivity index (χ3v) is 17.0. The van der Waals surface area contributed by atoms with Gasteiger partial charge in [0.25, 0.3) is 0 Å². The summed E-state index contributed by atoms with van der Waals surface area (Å²) in [5, 5.41) is 33.4. The lowest BCUT2D eigenvalue weighted by Crippen LogP contribution is -2.48. The van der Waals surface area contributed by atoms with Gasteiger partial charge in [-0.15, -0.1) is 0 Å². The first kappa shape index (κ1) is 39.5. The Morgan fingerprint density at radius 2 is 1.37 bits per heavy atom. The van der Waals surface area contributed by atoms with E-state index in [1.165, 1.54) is 32.4 Å². The molecule has 1 aromatic carbocycles. The van der Waals surface area contributed by atoms with Crippen molar-refractivity contribution in [3.05, 3.63) is 40.4 Å². The first-order chi connectivity index (χ1) is 27.5. The average Bonchev–Trinajstić information content (AvgIpc) is 4.03. The summed E-state index contributed by atoms with van der Waals surface area (Å²) in [7, 11) is 1.53. The number of rotatable bonds is 8. The second-order valence-electron chi connectivity index (χ2n) is 19.3. The number of ether oxygens (including phenoxy) is 1. The van der Waals surface area contributed by atoms with Crippen LogP contribution < -0.4 is 36.9 Å². The van der Waals surface area contributed by atoms with E-state index in [2.05, 4.69) is 68.1 Å². The highest BCUT2D eigenvalue weighted by molar-refractivity contribution is 6.04. The molecule has 0 radical (unpaired) electrons. The van der Waals surface area contributed by atoms with Crippen molar-refractivity contribution in [2.45, 2.75) is 154 Å². The quantitative estimate of drug-likeness (QED) is 0.157. The molecule has 2 aromatic heterocycles. The van der Waals surface area contributed by atoms with Gasteiger partial charge in [-0.1, -0.05) is 54.4 Å². The molecule has 7 heterocycles. The zero-order valence-corrected chi connectivity index (χ0v) is 35.1. The molecule has 8 bridgehead atoms. The maximum absolute atomic E-state index is 13.9. The fourth-order valence-corrected chi connectivity index (χ4v) is 14.0. The molecule has 0 spiro atoms. The summed E-state index contributed by atoms with van der Waals surface area (Å²) in [4.78, 5) is 26.1. The van der Waals surface area contributed by atoms with Crippen LogP contribution in [0.4, 0.5) is 0 Å². The molecule has 9 rings (SSSR count). The minimum atomic E-state index is -0.474. The van der Waals surface area contributed by atoms with E-state index < -0.39 is 5.63 Å². The molecule has 1 saturated carbocycles. The molecule has 1 aliphatic carbocycles. The van der Waals surface area contributed by atoms with E-state index in [0.29, 0.717) is 112 Å². The molecule has 1 amide bonds. The first-order valence-electron chi connectivity index (χ1n) is 22.5. The molecule has 6 aliphatic rings. The van der Waals surface area contributed by atoms with Gasteiger partial charge in [0.15, 0.2) is 11.2 Å². The van der Waals surface area contributed by atoms with Crippen LogP contribution in [0.25, 0.3) is 21.9 Å². The Morgan fingerprint density at radius 3 is 2.04 bits per heavy atom. The molecule has 11 nitrogen and oxygen atoms in total. The van der Waals surface area contributed by atoms with Crippen LogP contribution >= 0.6 is 0 Å². The van der Waals surface area contributed by atoms with Gasteiger partial charge in [-0.3, -0.25) is 4.79 Å². The molecule has 57 heavy (non-hydrogen) atoms. The van der Waals surface area contributed by atoms with E-state index in [-0.39, 0.29) is 36.6 Å². The largest absolute Gasteiger partial charge is 0.490 e. The van der Waals surface area contributed by atoms with Crippen LogP contribution in [0, 0.1) is 53.3 Å². The highest BCUT2D eigenvalue weighted by Gasteiger charge is 2.58. The van der Waals surface area contributed by atoms with Crippen molar-refractivity contribution < 1.29 is 23.5 Å². The van der Waals surface area contributed by atoms with Gasteiger partial charge in [0.1, 0.15) is 0 Å². The Balaban J connectivity index is 0.973. The standard InChI is InChI=1S/C46H67N5O6/c1-8-25-21(3)32-17-34-23(5)27(10-12-39(53)47-20-31-28-11-13-40(54)57-45(28)46(55-7)44-29(31)14-15-56-44)42(50-34)30-16-38(52)41-24(6)35(51-43(30)41)19-37-26(9-2)22(4)33(49-37)18-36(25)48-32/h11,13-15,21-27,30,32-38,41-43,48-52H,8-10,12,16-20H2,1-7H3,(H,47,53). The van der Waals surface area contributed by atoms with E-state index in [4.69, 9.17) is 13.6 Å². The summed E-state index contributed by atoms with van der Waals surface area (Å²) in [5.41, 5.74) is 1.17. The summed E-state index contributed by atoms with van der Waals surface area (Å²) in [6.45, 7) is 14.8. The zero-order chi connectivity index (χ0) is 39.9. The smallest absolute Gasteiger partial charge is 0.336 e. The molecular formula is C46H67N5O6. The minimum Gasteiger partial charge on any atom is -0.490 e. The summed E-state index contributed by atoms with van der Waals surface area (Å²) in [6, 6.07) is 8.19. The van der Waals surface area contributed by atoms with Crippen molar-refractivity contribution in [2.24, 2.45) is 53.3 Å². The second-order valence-corrected chi connectivity index (χ2v) is 19.3. The molecule has 11 heteroatoms. The molecule has 6 N–H and O–H groups in total. The third-order valence-electron chi connectivity index (χ3n) is 17.0. The van der Waals surface area contributed by atoms with Crippen LogP contribution in [0.5, 0.6) is 5.75 Å². The lowest BCUT2D eigenvalue weighted by molar-refractivity contribution is -0.121. The summed E-state index contributed by atoms with van der Waals surface area (Å²) in [6.07, 6.45) is 9.05. The molecule has 5 aliphatic heterocycles. The van der Waals surface area contributed by atoms with E-state index in [0.717, 1.165) is 36.6 Å². The number of fused-ring (bicyclic) bond motifs is 10. The Bertz CT molecular complexity index is 2000. The highest BCUT2D eigenvalue weighted by atomic mass is 16.5. The van der Waals surface area contributed by atoms with E-state index in [1.807, 2.05) is 6.07 Å². The van der Waals surface area contributed by atoms with Gasteiger partial charge in [-0.2, -0.15) is 0 Å². The summed E-state index contributed by atoms with van der Waals surface area (Å²) >= 11 is 0. The fourth-order valence-electron chi connectivity index (χ4n) is 14.0. The van der Waals surface area contributed by atoms with Crippen molar-refractivity contribution in [1.29, 1.82) is 0 Å². The number of hydrogen-bond donors (Lipinski definition) is 6. The van der Waals surface area contributed by atoms with Gasteiger partial charge in [-0.05, 0) is 97.1 Å². The van der Waals surface area contributed by atoms with Gasteiger partial charge in [0, 0.05) is 84.1 Å². The predicted molar refractivity (Wildman–Crippen MR) is 222 cm³/mol. The summed E-state index contributed by atoms with van der Waals surface area (Å²) in [5.74, 6) is 4.60. The van der Waals surface area contributed by atoms with Crippen LogP contribution in [-0.4, -0.2) is 72.6 Å².